The van der Waals surface area contributed by atoms with Crippen molar-refractivity contribution in [3.8, 4) is 0 Å². The van der Waals surface area contributed by atoms with E-state index in [0.717, 1.165) is 15.9 Å². The molecule has 0 bridgehead atoms. The van der Waals surface area contributed by atoms with Gasteiger partial charge in [-0.05, 0) is 53.0 Å². The highest BCUT2D eigenvalue weighted by atomic mass is 79.9. The Morgan fingerprint density at radius 2 is 2.06 bits per heavy atom. The van der Waals surface area contributed by atoms with Gasteiger partial charge in [0.2, 0.25) is 0 Å². The van der Waals surface area contributed by atoms with Gasteiger partial charge in [-0.1, -0.05) is 30.0 Å². The molecule has 2 nitrogen and oxygen atoms in total. The molecule has 2 N–H and O–H groups in total. The van der Waals surface area contributed by atoms with E-state index in [1.807, 2.05) is 37.4 Å². The van der Waals surface area contributed by atoms with Crippen molar-refractivity contribution < 1.29 is 0 Å². The summed E-state index contributed by atoms with van der Waals surface area (Å²) in [5, 5.41) is 0.996. The van der Waals surface area contributed by atoms with Crippen LogP contribution in [0.3, 0.4) is 0 Å². The molecule has 4 heteroatoms. The maximum absolute atomic E-state index is 5.77. The van der Waals surface area contributed by atoms with Crippen molar-refractivity contribution in [3.63, 3.8) is 0 Å². The second-order valence-corrected chi connectivity index (χ2v) is 6.14. The molecule has 1 aromatic heterocycles. The van der Waals surface area contributed by atoms with Gasteiger partial charge in [0.1, 0.15) is 5.03 Å². The van der Waals surface area contributed by atoms with E-state index in [2.05, 4.69) is 33.0 Å². The summed E-state index contributed by atoms with van der Waals surface area (Å²) in [7, 11) is 0. The van der Waals surface area contributed by atoms with Gasteiger partial charge in [-0.15, -0.1) is 0 Å². The summed E-state index contributed by atoms with van der Waals surface area (Å²) in [4.78, 5) is 5.63. The molecule has 0 spiro atoms. The number of hydrogen-bond acceptors (Lipinski definition) is 3. The van der Waals surface area contributed by atoms with Crippen LogP contribution in [0.2, 0.25) is 0 Å². The average molecular weight is 323 g/mol. The second kappa shape index (κ2) is 6.36. The molecule has 0 amide bonds. The fraction of sp³-hybridized carbons (Fsp3) is 0.214. The molecule has 1 unspecified atom stereocenters. The van der Waals surface area contributed by atoms with Crippen molar-refractivity contribution in [2.24, 2.45) is 5.73 Å². The molecular weight excluding hydrogens is 308 g/mol. The molecule has 1 atom stereocenters. The van der Waals surface area contributed by atoms with E-state index < -0.39 is 0 Å². The number of pyridine rings is 1. The van der Waals surface area contributed by atoms with Gasteiger partial charge in [-0.3, -0.25) is 0 Å². The molecule has 2 aromatic rings. The number of halogens is 1. The van der Waals surface area contributed by atoms with E-state index in [1.54, 1.807) is 11.8 Å². The quantitative estimate of drug-likeness (QED) is 0.928. The summed E-state index contributed by atoms with van der Waals surface area (Å²) in [6.07, 6.45) is 2.77. The summed E-state index contributed by atoms with van der Waals surface area (Å²) in [5.41, 5.74) is 6.95. The fourth-order valence-corrected chi connectivity index (χ4v) is 2.91. The van der Waals surface area contributed by atoms with Crippen LogP contribution in [-0.2, 0) is 6.42 Å². The van der Waals surface area contributed by atoms with Crippen molar-refractivity contribution in [2.45, 2.75) is 29.3 Å². The Morgan fingerprint density at radius 1 is 1.28 bits per heavy atom. The lowest BCUT2D eigenvalue weighted by Gasteiger charge is -2.06. The van der Waals surface area contributed by atoms with Crippen LogP contribution in [0.15, 0.2) is 57.0 Å². The highest BCUT2D eigenvalue weighted by Gasteiger charge is 2.03. The molecule has 0 saturated carbocycles. The van der Waals surface area contributed by atoms with Crippen molar-refractivity contribution in [1.29, 1.82) is 0 Å². The smallest absolute Gasteiger partial charge is 0.101 e. The number of aromatic nitrogens is 1. The van der Waals surface area contributed by atoms with Crippen LogP contribution < -0.4 is 5.73 Å². The largest absolute Gasteiger partial charge is 0.328 e. The molecule has 0 fully saturated rings. The van der Waals surface area contributed by atoms with Crippen molar-refractivity contribution >= 4 is 27.7 Å². The van der Waals surface area contributed by atoms with E-state index in [1.165, 1.54) is 10.5 Å². The zero-order valence-corrected chi connectivity index (χ0v) is 12.5. The predicted molar refractivity (Wildman–Crippen MR) is 79.9 cm³/mol. The molecule has 94 valence electrons. The Morgan fingerprint density at radius 3 is 2.67 bits per heavy atom. The monoisotopic (exact) mass is 322 g/mol. The summed E-state index contributed by atoms with van der Waals surface area (Å²) in [6.45, 7) is 2.00. The van der Waals surface area contributed by atoms with E-state index >= 15 is 0 Å². The maximum atomic E-state index is 5.77. The number of benzene rings is 1. The van der Waals surface area contributed by atoms with Gasteiger partial charge in [0.05, 0.1) is 0 Å². The number of hydrogen-bond donors (Lipinski definition) is 1. The first kappa shape index (κ1) is 13.6. The predicted octanol–water partition coefficient (Wildman–Crippen LogP) is 3.89. The van der Waals surface area contributed by atoms with Gasteiger partial charge >= 0.3 is 0 Å². The molecule has 18 heavy (non-hydrogen) atoms. The Hall–Kier alpha value is -0.840. The normalized spacial score (nSPS) is 12.4. The fourth-order valence-electron chi connectivity index (χ4n) is 1.60. The van der Waals surface area contributed by atoms with Crippen molar-refractivity contribution in [2.75, 3.05) is 0 Å². The summed E-state index contributed by atoms with van der Waals surface area (Å²) in [6, 6.07) is 12.5. The van der Waals surface area contributed by atoms with E-state index in [-0.39, 0.29) is 6.04 Å². The van der Waals surface area contributed by atoms with Crippen LogP contribution in [-0.4, -0.2) is 11.0 Å². The molecule has 0 radical (unpaired) electrons. The standard InChI is InChI=1S/C14H15BrN2S/c1-10(16)8-11-6-7-14(17-9-11)18-13-5-3-2-4-12(13)15/h2-7,9-10H,8,16H2,1H3. The van der Waals surface area contributed by atoms with Crippen LogP contribution in [0.1, 0.15) is 12.5 Å². The third kappa shape index (κ3) is 3.83. The van der Waals surface area contributed by atoms with E-state index in [0.29, 0.717) is 0 Å². The number of nitrogens with zero attached hydrogens (tertiary/aromatic N) is 1. The summed E-state index contributed by atoms with van der Waals surface area (Å²) >= 11 is 5.19. The van der Waals surface area contributed by atoms with Crippen molar-refractivity contribution in [1.82, 2.24) is 4.98 Å². The first-order chi connectivity index (χ1) is 8.65. The Balaban J connectivity index is 2.09. The molecular formula is C14H15BrN2S. The van der Waals surface area contributed by atoms with Crippen molar-refractivity contribution in [3.05, 3.63) is 52.6 Å². The van der Waals surface area contributed by atoms with Crippen LogP contribution in [0, 0.1) is 0 Å². The van der Waals surface area contributed by atoms with E-state index in [4.69, 9.17) is 5.73 Å². The third-order valence-electron chi connectivity index (χ3n) is 2.41. The summed E-state index contributed by atoms with van der Waals surface area (Å²) < 4.78 is 1.09. The minimum atomic E-state index is 0.175. The molecule has 2 rings (SSSR count). The molecule has 1 aromatic carbocycles. The number of rotatable bonds is 4. The lowest BCUT2D eigenvalue weighted by molar-refractivity contribution is 0.734. The molecule has 1 heterocycles. The SMILES string of the molecule is CC(N)Cc1ccc(Sc2ccccc2Br)nc1. The van der Waals surface area contributed by atoms with Gasteiger partial charge < -0.3 is 5.73 Å². The minimum Gasteiger partial charge on any atom is -0.328 e. The van der Waals surface area contributed by atoms with Gasteiger partial charge in [-0.2, -0.15) is 0 Å². The van der Waals surface area contributed by atoms with E-state index in [9.17, 15) is 0 Å². The topological polar surface area (TPSA) is 38.9 Å². The highest BCUT2D eigenvalue weighted by molar-refractivity contribution is 9.10. The second-order valence-electron chi connectivity index (χ2n) is 4.22. The lowest BCUT2D eigenvalue weighted by atomic mass is 10.1. The zero-order chi connectivity index (χ0) is 13.0. The molecule has 0 aliphatic carbocycles. The Labute approximate surface area is 120 Å². The van der Waals surface area contributed by atoms with Crippen LogP contribution in [0.4, 0.5) is 0 Å². The Kier molecular flexibility index (Phi) is 4.80. The summed E-state index contributed by atoms with van der Waals surface area (Å²) in [5.74, 6) is 0. The van der Waals surface area contributed by atoms with Gasteiger partial charge in [-0.25, -0.2) is 4.98 Å². The van der Waals surface area contributed by atoms with Gasteiger partial charge in [0, 0.05) is 21.6 Å². The van der Waals surface area contributed by atoms with Crippen LogP contribution in [0.5, 0.6) is 0 Å². The average Bonchev–Trinajstić information content (AvgIpc) is 2.34. The molecule has 0 saturated heterocycles. The van der Waals surface area contributed by atoms with Crippen LogP contribution in [0.25, 0.3) is 0 Å². The minimum absolute atomic E-state index is 0.175. The first-order valence-corrected chi connectivity index (χ1v) is 7.39. The van der Waals surface area contributed by atoms with Crippen LogP contribution >= 0.6 is 27.7 Å². The number of nitrogens with two attached hydrogens (primary N) is 1. The zero-order valence-electron chi connectivity index (χ0n) is 10.1. The maximum Gasteiger partial charge on any atom is 0.101 e. The van der Waals surface area contributed by atoms with Gasteiger partial charge in [0.25, 0.3) is 0 Å². The molecule has 0 aliphatic rings. The van der Waals surface area contributed by atoms with Gasteiger partial charge in [0.15, 0.2) is 0 Å². The highest BCUT2D eigenvalue weighted by Crippen LogP contribution is 2.31. The lowest BCUT2D eigenvalue weighted by Crippen LogP contribution is -2.17. The first-order valence-electron chi connectivity index (χ1n) is 5.78. The third-order valence-corrected chi connectivity index (χ3v) is 4.39. The Bertz CT molecular complexity index is 511. The molecule has 0 aliphatic heterocycles.